The van der Waals surface area contributed by atoms with Gasteiger partial charge in [0.2, 0.25) is 0 Å². The number of aliphatic hydroxyl groups is 1. The highest BCUT2D eigenvalue weighted by Crippen LogP contribution is 2.25. The van der Waals surface area contributed by atoms with Crippen LogP contribution in [0.4, 0.5) is 0 Å². The van der Waals surface area contributed by atoms with Gasteiger partial charge in [-0.3, -0.25) is 9.88 Å². The van der Waals surface area contributed by atoms with Crippen molar-refractivity contribution in [3.8, 4) is 11.1 Å². The third-order valence-electron chi connectivity index (χ3n) is 4.89. The van der Waals surface area contributed by atoms with Gasteiger partial charge in [-0.15, -0.1) is 5.10 Å². The molecule has 1 aliphatic rings. The maximum absolute atomic E-state index is 11.0. The Morgan fingerprint density at radius 3 is 2.85 bits per heavy atom. The standard InChI is InChI=1S/C20H23N5O/c26-20(16-25-11-9-22-23-25)7-3-10-24(15-20)14-17-4-1-5-18(12-17)19-6-2-8-21-13-19/h1-2,4-6,8-9,11-13,26H,3,7,10,14-16H2. The Bertz CT molecular complexity index is 836. The van der Waals surface area contributed by atoms with E-state index in [1.54, 1.807) is 23.3 Å². The van der Waals surface area contributed by atoms with Crippen LogP contribution in [0, 0.1) is 0 Å². The molecule has 1 aliphatic heterocycles. The largest absolute Gasteiger partial charge is 0.387 e. The summed E-state index contributed by atoms with van der Waals surface area (Å²) in [4.78, 5) is 6.53. The third kappa shape index (κ3) is 3.98. The van der Waals surface area contributed by atoms with Gasteiger partial charge in [0.15, 0.2) is 0 Å². The van der Waals surface area contributed by atoms with Crippen molar-refractivity contribution < 1.29 is 5.11 Å². The van der Waals surface area contributed by atoms with Crippen molar-refractivity contribution in [2.75, 3.05) is 13.1 Å². The second-order valence-corrected chi connectivity index (χ2v) is 7.08. The zero-order valence-corrected chi connectivity index (χ0v) is 14.7. The Hall–Kier alpha value is -2.57. The lowest BCUT2D eigenvalue weighted by Crippen LogP contribution is -2.50. The number of pyridine rings is 1. The number of benzene rings is 1. The molecule has 1 atom stereocenters. The van der Waals surface area contributed by atoms with E-state index in [9.17, 15) is 5.11 Å². The number of rotatable bonds is 5. The molecule has 1 fully saturated rings. The molecule has 0 aliphatic carbocycles. The van der Waals surface area contributed by atoms with Crippen LogP contribution in [0.25, 0.3) is 11.1 Å². The molecule has 0 saturated carbocycles. The highest BCUT2D eigenvalue weighted by molar-refractivity contribution is 5.62. The summed E-state index contributed by atoms with van der Waals surface area (Å²) in [6.45, 7) is 2.95. The van der Waals surface area contributed by atoms with E-state index in [2.05, 4.69) is 50.5 Å². The van der Waals surface area contributed by atoms with Crippen LogP contribution < -0.4 is 0 Å². The summed E-state index contributed by atoms with van der Waals surface area (Å²) in [5.74, 6) is 0. The zero-order chi connectivity index (χ0) is 17.8. The summed E-state index contributed by atoms with van der Waals surface area (Å²) in [5, 5.41) is 18.8. The lowest BCUT2D eigenvalue weighted by molar-refractivity contribution is -0.0478. The van der Waals surface area contributed by atoms with Crippen LogP contribution in [-0.4, -0.2) is 48.7 Å². The maximum Gasteiger partial charge on any atom is 0.0970 e. The summed E-state index contributed by atoms with van der Waals surface area (Å²) in [6.07, 6.45) is 8.89. The number of hydrogen-bond acceptors (Lipinski definition) is 5. The number of nitrogens with zero attached hydrogens (tertiary/aromatic N) is 5. The fourth-order valence-corrected chi connectivity index (χ4v) is 3.73. The van der Waals surface area contributed by atoms with Gasteiger partial charge in [0.25, 0.3) is 0 Å². The fourth-order valence-electron chi connectivity index (χ4n) is 3.73. The SMILES string of the molecule is OC1(Cn2ccnn2)CCCN(Cc2cccc(-c3cccnc3)c2)C1. The molecule has 0 spiro atoms. The Labute approximate surface area is 153 Å². The van der Waals surface area contributed by atoms with Crippen LogP contribution in [0.15, 0.2) is 61.2 Å². The van der Waals surface area contributed by atoms with E-state index in [4.69, 9.17) is 0 Å². The van der Waals surface area contributed by atoms with Gasteiger partial charge in [0, 0.05) is 31.7 Å². The van der Waals surface area contributed by atoms with Crippen LogP contribution in [0.1, 0.15) is 18.4 Å². The molecule has 0 bridgehead atoms. The highest BCUT2D eigenvalue weighted by atomic mass is 16.3. The summed E-state index contributed by atoms with van der Waals surface area (Å²) in [6, 6.07) is 12.6. The molecular formula is C20H23N5O. The molecule has 134 valence electrons. The van der Waals surface area contributed by atoms with Crippen LogP contribution in [-0.2, 0) is 13.1 Å². The number of aromatic nitrogens is 4. The lowest BCUT2D eigenvalue weighted by Gasteiger charge is -2.39. The predicted molar refractivity (Wildman–Crippen MR) is 99.2 cm³/mol. The molecule has 26 heavy (non-hydrogen) atoms. The van der Waals surface area contributed by atoms with Crippen LogP contribution in [0.3, 0.4) is 0 Å². The minimum Gasteiger partial charge on any atom is -0.387 e. The lowest BCUT2D eigenvalue weighted by atomic mass is 9.92. The first kappa shape index (κ1) is 16.9. The molecular weight excluding hydrogens is 326 g/mol. The van der Waals surface area contributed by atoms with E-state index in [1.807, 2.05) is 12.3 Å². The van der Waals surface area contributed by atoms with Gasteiger partial charge in [-0.05, 0) is 48.2 Å². The van der Waals surface area contributed by atoms with Crippen LogP contribution in [0.2, 0.25) is 0 Å². The second-order valence-electron chi connectivity index (χ2n) is 7.08. The van der Waals surface area contributed by atoms with Crippen molar-refractivity contribution >= 4 is 0 Å². The average Bonchev–Trinajstić information content (AvgIpc) is 3.15. The van der Waals surface area contributed by atoms with Gasteiger partial charge >= 0.3 is 0 Å². The van der Waals surface area contributed by atoms with Crippen molar-refractivity contribution in [2.45, 2.75) is 31.5 Å². The number of likely N-dealkylation sites (tertiary alicyclic amines) is 1. The molecule has 0 radical (unpaired) electrons. The highest BCUT2D eigenvalue weighted by Gasteiger charge is 2.33. The molecule has 6 heteroatoms. The minimum absolute atomic E-state index is 0.485. The fraction of sp³-hybridized carbons (Fsp3) is 0.350. The van der Waals surface area contributed by atoms with E-state index >= 15 is 0 Å². The second kappa shape index (κ2) is 7.35. The monoisotopic (exact) mass is 349 g/mol. The number of piperidine rings is 1. The van der Waals surface area contributed by atoms with Gasteiger partial charge in [0.05, 0.1) is 18.3 Å². The Balaban J connectivity index is 1.45. The van der Waals surface area contributed by atoms with Crippen molar-refractivity contribution in [3.05, 3.63) is 66.7 Å². The van der Waals surface area contributed by atoms with E-state index in [0.29, 0.717) is 13.1 Å². The van der Waals surface area contributed by atoms with Crippen molar-refractivity contribution in [1.29, 1.82) is 0 Å². The first-order chi connectivity index (χ1) is 12.7. The Kier molecular flexibility index (Phi) is 4.77. The van der Waals surface area contributed by atoms with Crippen molar-refractivity contribution in [2.24, 2.45) is 0 Å². The predicted octanol–water partition coefficient (Wildman–Crippen LogP) is 2.37. The Morgan fingerprint density at radius 2 is 2.04 bits per heavy atom. The minimum atomic E-state index is -0.757. The number of β-amino-alcohol motifs (C(OH)–C–C–N with tert-alkyl or cyclic N) is 1. The average molecular weight is 349 g/mol. The summed E-state index contributed by atoms with van der Waals surface area (Å²) < 4.78 is 1.71. The first-order valence-corrected chi connectivity index (χ1v) is 8.98. The summed E-state index contributed by atoms with van der Waals surface area (Å²) >= 11 is 0. The topological polar surface area (TPSA) is 67.1 Å². The summed E-state index contributed by atoms with van der Waals surface area (Å²) in [7, 11) is 0. The summed E-state index contributed by atoms with van der Waals surface area (Å²) in [5.41, 5.74) is 2.78. The number of hydrogen-bond donors (Lipinski definition) is 1. The molecule has 1 saturated heterocycles. The van der Waals surface area contributed by atoms with Gasteiger partial charge in [-0.1, -0.05) is 29.5 Å². The van der Waals surface area contributed by atoms with Crippen molar-refractivity contribution in [1.82, 2.24) is 24.9 Å². The normalized spacial score (nSPS) is 21.0. The van der Waals surface area contributed by atoms with Crippen LogP contribution in [0.5, 0.6) is 0 Å². The van der Waals surface area contributed by atoms with Gasteiger partial charge in [-0.2, -0.15) is 0 Å². The molecule has 6 nitrogen and oxygen atoms in total. The molecule has 4 rings (SSSR count). The van der Waals surface area contributed by atoms with E-state index in [0.717, 1.165) is 31.5 Å². The molecule has 2 aromatic heterocycles. The molecule has 3 aromatic rings. The smallest absolute Gasteiger partial charge is 0.0970 e. The van der Waals surface area contributed by atoms with E-state index in [1.165, 1.54) is 11.1 Å². The maximum atomic E-state index is 11.0. The Morgan fingerprint density at radius 1 is 1.12 bits per heavy atom. The van der Waals surface area contributed by atoms with E-state index in [-0.39, 0.29) is 0 Å². The molecule has 3 heterocycles. The van der Waals surface area contributed by atoms with Gasteiger partial charge < -0.3 is 5.11 Å². The van der Waals surface area contributed by atoms with Crippen molar-refractivity contribution in [3.63, 3.8) is 0 Å². The zero-order valence-electron chi connectivity index (χ0n) is 14.7. The van der Waals surface area contributed by atoms with Gasteiger partial charge in [-0.25, -0.2) is 4.68 Å². The molecule has 0 amide bonds. The molecule has 1 aromatic carbocycles. The van der Waals surface area contributed by atoms with Crippen LogP contribution >= 0.6 is 0 Å². The van der Waals surface area contributed by atoms with E-state index < -0.39 is 5.60 Å². The quantitative estimate of drug-likeness (QED) is 0.766. The van der Waals surface area contributed by atoms with Gasteiger partial charge in [0.1, 0.15) is 0 Å². The molecule has 1 N–H and O–H groups in total. The third-order valence-corrected chi connectivity index (χ3v) is 4.89. The first-order valence-electron chi connectivity index (χ1n) is 8.98. The molecule has 1 unspecified atom stereocenters.